The zero-order valence-corrected chi connectivity index (χ0v) is 15.0. The number of carbonyl (C=O) groups is 2. The average Bonchev–Trinajstić information content (AvgIpc) is 2.67. The number of rotatable bonds is 5. The van der Waals surface area contributed by atoms with Crippen molar-refractivity contribution in [1.82, 2.24) is 10.3 Å². The van der Waals surface area contributed by atoms with E-state index < -0.39 is 17.4 Å². The number of nitrogens with one attached hydrogen (secondary N) is 1. The summed E-state index contributed by atoms with van der Waals surface area (Å²) in [7, 11) is 1.57. The van der Waals surface area contributed by atoms with E-state index in [0.717, 1.165) is 5.56 Å². The number of benzene rings is 1. The highest BCUT2D eigenvalue weighted by Gasteiger charge is 2.50. The van der Waals surface area contributed by atoms with Gasteiger partial charge in [-0.2, -0.15) is 0 Å². The molecule has 0 bridgehead atoms. The smallest absolute Gasteiger partial charge is 0.282 e. The quantitative estimate of drug-likeness (QED) is 0.829. The molecule has 3 rings (SSSR count). The van der Waals surface area contributed by atoms with Crippen molar-refractivity contribution >= 4 is 17.6 Å². The van der Waals surface area contributed by atoms with E-state index in [1.165, 1.54) is 11.8 Å². The van der Waals surface area contributed by atoms with Crippen LogP contribution in [0.5, 0.6) is 11.5 Å². The summed E-state index contributed by atoms with van der Waals surface area (Å²) in [5.74, 6) is 0.544. The number of fused-ring (bicyclic) bond motifs is 1. The Morgan fingerprint density at radius 3 is 2.81 bits per heavy atom. The Bertz CT molecular complexity index is 839. The molecule has 1 N–H and O–H groups in total. The number of aromatic nitrogens is 1. The third kappa shape index (κ3) is 2.96. The molecule has 0 spiro atoms. The maximum Gasteiger partial charge on any atom is 0.282 e. The Hall–Kier alpha value is -3.09. The second-order valence-corrected chi connectivity index (χ2v) is 6.00. The van der Waals surface area contributed by atoms with Crippen LogP contribution in [0.15, 0.2) is 42.6 Å². The van der Waals surface area contributed by atoms with Crippen molar-refractivity contribution < 1.29 is 19.1 Å². The number of hydrogen-bond acceptors (Lipinski definition) is 5. The topological polar surface area (TPSA) is 80.8 Å². The minimum absolute atomic E-state index is 0.223. The number of ether oxygens (including phenoxy) is 2. The number of amides is 2. The molecule has 1 aliphatic heterocycles. The van der Waals surface area contributed by atoms with Gasteiger partial charge < -0.3 is 14.8 Å². The first-order valence-corrected chi connectivity index (χ1v) is 8.37. The van der Waals surface area contributed by atoms with E-state index in [1.807, 2.05) is 31.2 Å². The van der Waals surface area contributed by atoms with Crippen molar-refractivity contribution in [2.24, 2.45) is 0 Å². The molecule has 0 saturated carbocycles. The Kier molecular flexibility index (Phi) is 4.79. The number of hydrogen-bond donors (Lipinski definition) is 1. The van der Waals surface area contributed by atoms with Gasteiger partial charge in [0.25, 0.3) is 17.4 Å². The molecular weight excluding hydrogens is 334 g/mol. The molecule has 0 saturated heterocycles. The molecule has 0 unspecified atom stereocenters. The lowest BCUT2D eigenvalue weighted by molar-refractivity contribution is -0.148. The maximum atomic E-state index is 12.9. The average molecular weight is 355 g/mol. The summed E-state index contributed by atoms with van der Waals surface area (Å²) < 4.78 is 11.1. The van der Waals surface area contributed by atoms with Crippen LogP contribution in [0.25, 0.3) is 0 Å². The predicted molar refractivity (Wildman–Crippen MR) is 96.1 cm³/mol. The molecule has 1 aromatic heterocycles. The first-order chi connectivity index (χ1) is 12.5. The van der Waals surface area contributed by atoms with E-state index in [0.29, 0.717) is 23.9 Å². The van der Waals surface area contributed by atoms with Gasteiger partial charge in [0.1, 0.15) is 5.75 Å². The Morgan fingerprint density at radius 2 is 2.08 bits per heavy atom. The van der Waals surface area contributed by atoms with Crippen LogP contribution in [0.1, 0.15) is 19.4 Å². The highest BCUT2D eigenvalue weighted by Crippen LogP contribution is 2.35. The van der Waals surface area contributed by atoms with Crippen LogP contribution in [-0.2, 0) is 16.1 Å². The summed E-state index contributed by atoms with van der Waals surface area (Å²) in [5.41, 5.74) is -0.849. The lowest BCUT2D eigenvalue weighted by Gasteiger charge is -2.38. The molecule has 7 nitrogen and oxygen atoms in total. The standard InChI is InChI=1S/C19H21N3O4/c1-4-22-16-15(10-7-11-20-16)26-19(2,18(22)24)17(23)21-12-13-8-5-6-9-14(13)25-3/h5-11H,4,12H2,1-3H3,(H,21,23)/t19-/m1/s1. The van der Waals surface area contributed by atoms with Crippen molar-refractivity contribution in [1.29, 1.82) is 0 Å². The highest BCUT2D eigenvalue weighted by molar-refractivity contribution is 6.16. The van der Waals surface area contributed by atoms with Gasteiger partial charge in [0, 0.05) is 24.8 Å². The van der Waals surface area contributed by atoms with Gasteiger partial charge in [-0.15, -0.1) is 0 Å². The minimum atomic E-state index is -1.66. The zero-order chi connectivity index (χ0) is 18.7. The van der Waals surface area contributed by atoms with Gasteiger partial charge in [-0.3, -0.25) is 14.5 Å². The number of methoxy groups -OCH3 is 1. The molecular formula is C19H21N3O4. The molecule has 26 heavy (non-hydrogen) atoms. The Balaban J connectivity index is 1.83. The summed E-state index contributed by atoms with van der Waals surface area (Å²) in [5, 5.41) is 2.78. The van der Waals surface area contributed by atoms with Crippen LogP contribution in [0.4, 0.5) is 5.82 Å². The number of anilines is 1. The molecule has 2 amide bonds. The normalized spacial score (nSPS) is 18.7. The van der Waals surface area contributed by atoms with Crippen LogP contribution in [0, 0.1) is 0 Å². The maximum absolute atomic E-state index is 12.9. The van der Waals surface area contributed by atoms with E-state index in [4.69, 9.17) is 9.47 Å². The fraction of sp³-hybridized carbons (Fsp3) is 0.316. The van der Waals surface area contributed by atoms with Crippen LogP contribution in [-0.4, -0.2) is 36.1 Å². The summed E-state index contributed by atoms with van der Waals surface area (Å²) in [6, 6.07) is 10.8. The second-order valence-electron chi connectivity index (χ2n) is 6.00. The zero-order valence-electron chi connectivity index (χ0n) is 15.0. The van der Waals surface area contributed by atoms with Crippen molar-refractivity contribution in [2.75, 3.05) is 18.6 Å². The molecule has 0 radical (unpaired) electrons. The molecule has 1 aliphatic rings. The van der Waals surface area contributed by atoms with Gasteiger partial charge in [0.05, 0.1) is 7.11 Å². The third-order valence-electron chi connectivity index (χ3n) is 4.36. The molecule has 7 heteroatoms. The largest absolute Gasteiger partial charge is 0.496 e. The Labute approximate surface area is 151 Å². The summed E-state index contributed by atoms with van der Waals surface area (Å²) >= 11 is 0. The second kappa shape index (κ2) is 7.03. The van der Waals surface area contributed by atoms with E-state index in [1.54, 1.807) is 25.4 Å². The first-order valence-electron chi connectivity index (χ1n) is 8.37. The van der Waals surface area contributed by atoms with Crippen molar-refractivity contribution in [3.63, 3.8) is 0 Å². The van der Waals surface area contributed by atoms with Gasteiger partial charge in [-0.05, 0) is 32.0 Å². The number of likely N-dealkylation sites (N-methyl/N-ethyl adjacent to an activating group) is 1. The highest BCUT2D eigenvalue weighted by atomic mass is 16.5. The molecule has 1 aromatic carbocycles. The number of pyridine rings is 1. The number of carbonyl (C=O) groups excluding carboxylic acids is 2. The van der Waals surface area contributed by atoms with Gasteiger partial charge in [0.2, 0.25) is 0 Å². The molecule has 2 aromatic rings. The van der Waals surface area contributed by atoms with Crippen LogP contribution >= 0.6 is 0 Å². The summed E-state index contributed by atoms with van der Waals surface area (Å²) in [6.45, 7) is 3.92. The van der Waals surface area contributed by atoms with Gasteiger partial charge in [0.15, 0.2) is 11.6 Å². The van der Waals surface area contributed by atoms with E-state index in [-0.39, 0.29) is 6.54 Å². The SMILES string of the molecule is CCN1C(=O)[C@@](C)(C(=O)NCc2ccccc2OC)Oc2cccnc21. The molecule has 2 heterocycles. The van der Waals surface area contributed by atoms with E-state index in [2.05, 4.69) is 10.3 Å². The fourth-order valence-electron chi connectivity index (χ4n) is 2.91. The van der Waals surface area contributed by atoms with Gasteiger partial charge >= 0.3 is 0 Å². The van der Waals surface area contributed by atoms with Crippen molar-refractivity contribution in [3.05, 3.63) is 48.2 Å². The van der Waals surface area contributed by atoms with E-state index in [9.17, 15) is 9.59 Å². The number of para-hydroxylation sites is 1. The molecule has 0 aliphatic carbocycles. The lowest BCUT2D eigenvalue weighted by Crippen LogP contribution is -2.62. The minimum Gasteiger partial charge on any atom is -0.496 e. The first kappa shape index (κ1) is 17.7. The van der Waals surface area contributed by atoms with E-state index >= 15 is 0 Å². The monoisotopic (exact) mass is 355 g/mol. The van der Waals surface area contributed by atoms with Crippen LogP contribution in [0.2, 0.25) is 0 Å². The van der Waals surface area contributed by atoms with Crippen molar-refractivity contribution in [3.8, 4) is 11.5 Å². The van der Waals surface area contributed by atoms with Crippen LogP contribution in [0.3, 0.4) is 0 Å². The summed E-state index contributed by atoms with van der Waals surface area (Å²) in [6.07, 6.45) is 1.59. The fourth-order valence-corrected chi connectivity index (χ4v) is 2.91. The Morgan fingerprint density at radius 1 is 1.31 bits per heavy atom. The molecule has 1 atom stereocenters. The van der Waals surface area contributed by atoms with Gasteiger partial charge in [-0.1, -0.05) is 18.2 Å². The summed E-state index contributed by atoms with van der Waals surface area (Å²) in [4.78, 5) is 31.4. The molecule has 0 fully saturated rings. The molecule has 136 valence electrons. The van der Waals surface area contributed by atoms with Crippen LogP contribution < -0.4 is 19.7 Å². The van der Waals surface area contributed by atoms with Gasteiger partial charge in [-0.25, -0.2) is 4.98 Å². The third-order valence-corrected chi connectivity index (χ3v) is 4.36. The number of nitrogens with zero attached hydrogens (tertiary/aromatic N) is 2. The predicted octanol–water partition coefficient (Wildman–Crippen LogP) is 1.91. The lowest BCUT2D eigenvalue weighted by atomic mass is 10.0. The van der Waals surface area contributed by atoms with Crippen molar-refractivity contribution in [2.45, 2.75) is 26.0 Å².